The molecule has 0 heterocycles. The lowest BCUT2D eigenvalue weighted by atomic mass is 10.3. The van der Waals surface area contributed by atoms with Gasteiger partial charge in [0.1, 0.15) is 18.8 Å². The predicted molar refractivity (Wildman–Crippen MR) is 46.1 cm³/mol. The Hall–Kier alpha value is -0.830. The van der Waals surface area contributed by atoms with E-state index in [0.717, 1.165) is 0 Å². The van der Waals surface area contributed by atoms with Crippen LogP contribution in [-0.2, 0) is 14.3 Å². The minimum atomic E-state index is -0.498. The number of halogens is 1. The summed E-state index contributed by atoms with van der Waals surface area (Å²) in [7, 11) is 0. The van der Waals surface area contributed by atoms with E-state index in [9.17, 15) is 9.59 Å². The number of allylic oxidation sites excluding steroid dienone is 1. The number of Topliss-reactive ketones (excluding diaryl/α,β-unsaturated/α-hetero) is 1. The largest absolute Gasteiger partial charge is 0.461 e. The lowest BCUT2D eigenvalue weighted by Gasteiger charge is -1.97. The van der Waals surface area contributed by atoms with E-state index in [1.165, 1.54) is 6.92 Å². The Morgan fingerprint density at radius 2 is 2.08 bits per heavy atom. The quantitative estimate of drug-likeness (QED) is 0.284. The summed E-state index contributed by atoms with van der Waals surface area (Å²) in [6, 6.07) is 0. The standard InChI is InChI=1S/C8H11ClO3/c1-7(10)6-8(11)12-5-3-2-4-9/h2-3H,4-6H2,1H3. The van der Waals surface area contributed by atoms with Crippen LogP contribution in [0.5, 0.6) is 0 Å². The zero-order chi connectivity index (χ0) is 9.40. The van der Waals surface area contributed by atoms with Crippen molar-refractivity contribution in [3.63, 3.8) is 0 Å². The minimum absolute atomic E-state index is 0.158. The molecule has 68 valence electrons. The molecule has 0 saturated carbocycles. The molecule has 4 heteroatoms. The van der Waals surface area contributed by atoms with Crippen LogP contribution in [-0.4, -0.2) is 24.2 Å². The van der Waals surface area contributed by atoms with Crippen molar-refractivity contribution in [1.82, 2.24) is 0 Å². The van der Waals surface area contributed by atoms with Gasteiger partial charge in [-0.2, -0.15) is 0 Å². The van der Waals surface area contributed by atoms with E-state index in [2.05, 4.69) is 4.74 Å². The van der Waals surface area contributed by atoms with Crippen molar-refractivity contribution in [2.24, 2.45) is 0 Å². The third-order valence-corrected chi connectivity index (χ3v) is 1.17. The Kier molecular flexibility index (Phi) is 6.38. The molecule has 0 fully saturated rings. The number of alkyl halides is 1. The van der Waals surface area contributed by atoms with Gasteiger partial charge in [-0.25, -0.2) is 0 Å². The van der Waals surface area contributed by atoms with Crippen LogP contribution >= 0.6 is 11.6 Å². The van der Waals surface area contributed by atoms with Crippen molar-refractivity contribution >= 4 is 23.4 Å². The van der Waals surface area contributed by atoms with Crippen LogP contribution in [0.25, 0.3) is 0 Å². The van der Waals surface area contributed by atoms with Crippen LogP contribution in [0.15, 0.2) is 12.2 Å². The maximum atomic E-state index is 10.7. The molecule has 0 saturated heterocycles. The number of ketones is 1. The highest BCUT2D eigenvalue weighted by Crippen LogP contribution is 1.88. The highest BCUT2D eigenvalue weighted by Gasteiger charge is 2.03. The second kappa shape index (κ2) is 6.85. The van der Waals surface area contributed by atoms with Crippen LogP contribution in [0.1, 0.15) is 13.3 Å². The van der Waals surface area contributed by atoms with Crippen LogP contribution in [0, 0.1) is 0 Å². The topological polar surface area (TPSA) is 43.4 Å². The minimum Gasteiger partial charge on any atom is -0.461 e. The number of carbonyl (C=O) groups excluding carboxylic acids is 2. The maximum absolute atomic E-state index is 10.7. The fraction of sp³-hybridized carbons (Fsp3) is 0.500. The first kappa shape index (κ1) is 11.2. The number of hydrogen-bond donors (Lipinski definition) is 0. The predicted octanol–water partition coefficient (Wildman–Crippen LogP) is 1.30. The SMILES string of the molecule is CC(=O)CC(=O)OCC=CCCl. The van der Waals surface area contributed by atoms with Gasteiger partial charge in [0.25, 0.3) is 0 Å². The summed E-state index contributed by atoms with van der Waals surface area (Å²) in [5.41, 5.74) is 0. The molecule has 0 amide bonds. The molecule has 0 atom stereocenters. The van der Waals surface area contributed by atoms with Crippen molar-refractivity contribution < 1.29 is 14.3 Å². The van der Waals surface area contributed by atoms with Gasteiger partial charge in [-0.3, -0.25) is 9.59 Å². The number of rotatable bonds is 5. The highest BCUT2D eigenvalue weighted by atomic mass is 35.5. The monoisotopic (exact) mass is 190 g/mol. The fourth-order valence-electron chi connectivity index (χ4n) is 0.526. The van der Waals surface area contributed by atoms with Crippen molar-refractivity contribution in [2.75, 3.05) is 12.5 Å². The summed E-state index contributed by atoms with van der Waals surface area (Å²) >= 11 is 5.32. The summed E-state index contributed by atoms with van der Waals surface area (Å²) in [6.07, 6.45) is 3.14. The third-order valence-electron chi connectivity index (χ3n) is 0.990. The van der Waals surface area contributed by atoms with Gasteiger partial charge < -0.3 is 4.74 Å². The molecular formula is C8H11ClO3. The van der Waals surface area contributed by atoms with Gasteiger partial charge in [-0.1, -0.05) is 12.2 Å². The number of carbonyl (C=O) groups is 2. The Morgan fingerprint density at radius 3 is 2.58 bits per heavy atom. The molecule has 0 aliphatic heterocycles. The first-order chi connectivity index (χ1) is 5.66. The summed E-state index contributed by atoms with van der Waals surface area (Å²) in [5, 5.41) is 0. The molecule has 0 aromatic rings. The summed E-state index contributed by atoms with van der Waals surface area (Å²) < 4.78 is 4.65. The molecule has 0 radical (unpaired) electrons. The Bertz CT molecular complexity index is 187. The smallest absolute Gasteiger partial charge is 0.313 e. The van der Waals surface area contributed by atoms with Crippen molar-refractivity contribution in [3.8, 4) is 0 Å². The average Bonchev–Trinajstić information content (AvgIpc) is 1.97. The summed E-state index contributed by atoms with van der Waals surface area (Å²) in [4.78, 5) is 21.1. The molecule has 0 aliphatic rings. The Morgan fingerprint density at radius 1 is 1.42 bits per heavy atom. The van der Waals surface area contributed by atoms with Crippen molar-refractivity contribution in [1.29, 1.82) is 0 Å². The fourth-order valence-corrected chi connectivity index (χ4v) is 0.652. The number of ether oxygens (including phenoxy) is 1. The van der Waals surface area contributed by atoms with Crippen LogP contribution in [0.3, 0.4) is 0 Å². The van der Waals surface area contributed by atoms with Gasteiger partial charge >= 0.3 is 5.97 Å². The molecule has 0 rings (SSSR count). The first-order valence-corrected chi connectivity index (χ1v) is 4.06. The molecular weight excluding hydrogens is 180 g/mol. The third kappa shape index (κ3) is 7.28. The Labute approximate surface area is 76.3 Å². The molecule has 0 aliphatic carbocycles. The molecule has 0 N–H and O–H groups in total. The first-order valence-electron chi connectivity index (χ1n) is 3.53. The van der Waals surface area contributed by atoms with E-state index in [1.807, 2.05) is 0 Å². The molecule has 0 bridgehead atoms. The van der Waals surface area contributed by atoms with E-state index < -0.39 is 5.97 Å². The molecule has 12 heavy (non-hydrogen) atoms. The molecule has 0 spiro atoms. The lowest BCUT2D eigenvalue weighted by Crippen LogP contribution is -2.08. The van der Waals surface area contributed by atoms with Gasteiger partial charge in [0.05, 0.1) is 0 Å². The number of esters is 1. The average molecular weight is 191 g/mol. The maximum Gasteiger partial charge on any atom is 0.313 e. The molecule has 3 nitrogen and oxygen atoms in total. The second-order valence-electron chi connectivity index (χ2n) is 2.19. The number of hydrogen-bond acceptors (Lipinski definition) is 3. The van der Waals surface area contributed by atoms with Gasteiger partial charge in [0, 0.05) is 5.88 Å². The van der Waals surface area contributed by atoms with Crippen molar-refractivity contribution in [2.45, 2.75) is 13.3 Å². The lowest BCUT2D eigenvalue weighted by molar-refractivity contribution is -0.144. The van der Waals surface area contributed by atoms with E-state index in [4.69, 9.17) is 11.6 Å². The van der Waals surface area contributed by atoms with E-state index >= 15 is 0 Å². The van der Waals surface area contributed by atoms with Gasteiger partial charge in [0.2, 0.25) is 0 Å². The van der Waals surface area contributed by atoms with Crippen LogP contribution in [0.2, 0.25) is 0 Å². The van der Waals surface area contributed by atoms with E-state index in [-0.39, 0.29) is 18.8 Å². The molecule has 0 unspecified atom stereocenters. The molecule has 0 aromatic heterocycles. The van der Waals surface area contributed by atoms with Crippen LogP contribution in [0.4, 0.5) is 0 Å². The van der Waals surface area contributed by atoms with Gasteiger partial charge in [0.15, 0.2) is 0 Å². The van der Waals surface area contributed by atoms with Gasteiger partial charge in [-0.15, -0.1) is 11.6 Å². The zero-order valence-electron chi connectivity index (χ0n) is 6.88. The normalized spacial score (nSPS) is 10.2. The van der Waals surface area contributed by atoms with Crippen LogP contribution < -0.4 is 0 Å². The molecule has 0 aromatic carbocycles. The zero-order valence-corrected chi connectivity index (χ0v) is 7.63. The second-order valence-corrected chi connectivity index (χ2v) is 2.50. The summed E-state index contributed by atoms with van der Waals surface area (Å²) in [6.45, 7) is 1.52. The van der Waals surface area contributed by atoms with Gasteiger partial charge in [-0.05, 0) is 6.92 Å². The Balaban J connectivity index is 3.44. The van der Waals surface area contributed by atoms with Crippen molar-refractivity contribution in [3.05, 3.63) is 12.2 Å². The summed E-state index contributed by atoms with van der Waals surface area (Å²) in [5.74, 6) is -0.299. The van der Waals surface area contributed by atoms with E-state index in [1.54, 1.807) is 12.2 Å². The highest BCUT2D eigenvalue weighted by molar-refractivity contribution is 6.18. The van der Waals surface area contributed by atoms with E-state index in [0.29, 0.717) is 5.88 Å².